The van der Waals surface area contributed by atoms with Gasteiger partial charge in [0.2, 0.25) is 11.8 Å². The van der Waals surface area contributed by atoms with Crippen LogP contribution in [0.5, 0.6) is 0 Å². The van der Waals surface area contributed by atoms with E-state index < -0.39 is 0 Å². The maximum absolute atomic E-state index is 5.63. The minimum absolute atomic E-state index is 0.697. The number of hydrogen-bond donors (Lipinski definition) is 1. The van der Waals surface area contributed by atoms with Gasteiger partial charge in [-0.25, -0.2) is 0 Å². The van der Waals surface area contributed by atoms with Gasteiger partial charge >= 0.3 is 0 Å². The zero-order chi connectivity index (χ0) is 12.2. The van der Waals surface area contributed by atoms with Crippen LogP contribution in [0.3, 0.4) is 0 Å². The molecule has 1 N–H and O–H groups in total. The molecule has 1 aromatic heterocycles. The van der Waals surface area contributed by atoms with Crippen molar-refractivity contribution in [2.24, 2.45) is 0 Å². The summed E-state index contributed by atoms with van der Waals surface area (Å²) in [6, 6.07) is 10.9. The molecule has 1 aliphatic rings. The van der Waals surface area contributed by atoms with Crippen LogP contribution in [0.25, 0.3) is 0 Å². The monoisotopic (exact) mass is 243 g/mol. The second-order valence-electron chi connectivity index (χ2n) is 4.73. The summed E-state index contributed by atoms with van der Waals surface area (Å²) in [6.07, 6.45) is 4.15. The van der Waals surface area contributed by atoms with Crippen LogP contribution in [0.1, 0.15) is 30.2 Å². The van der Waals surface area contributed by atoms with E-state index in [2.05, 4.69) is 27.6 Å². The summed E-state index contributed by atoms with van der Waals surface area (Å²) >= 11 is 0. The molecular weight excluding hydrogens is 226 g/mol. The Balaban J connectivity index is 1.52. The number of hydrogen-bond acceptors (Lipinski definition) is 4. The maximum atomic E-state index is 5.63. The zero-order valence-electron chi connectivity index (χ0n) is 10.3. The molecule has 0 amide bonds. The molecule has 1 fully saturated rings. The molecule has 1 aromatic carbocycles. The molecule has 2 aromatic rings. The van der Waals surface area contributed by atoms with Gasteiger partial charge in [-0.15, -0.1) is 10.2 Å². The first kappa shape index (κ1) is 11.4. The highest BCUT2D eigenvalue weighted by atomic mass is 16.4. The molecular formula is C14H17N3O. The number of nitrogens with one attached hydrogen (secondary N) is 1. The predicted molar refractivity (Wildman–Crippen MR) is 68.3 cm³/mol. The van der Waals surface area contributed by atoms with E-state index in [4.69, 9.17) is 4.42 Å². The molecule has 0 spiro atoms. The normalized spacial score (nSPS) is 14.9. The lowest BCUT2D eigenvalue weighted by Crippen LogP contribution is -2.19. The van der Waals surface area contributed by atoms with Crippen LogP contribution in [-0.4, -0.2) is 22.8 Å². The summed E-state index contributed by atoms with van der Waals surface area (Å²) in [5.74, 6) is 1.43. The van der Waals surface area contributed by atoms with Crippen molar-refractivity contribution in [3.8, 4) is 0 Å². The van der Waals surface area contributed by atoms with Crippen LogP contribution in [0.15, 0.2) is 34.7 Å². The van der Waals surface area contributed by atoms with E-state index in [9.17, 15) is 0 Å². The fraction of sp³-hybridized carbons (Fsp3) is 0.429. The number of benzene rings is 1. The van der Waals surface area contributed by atoms with Gasteiger partial charge in [-0.2, -0.15) is 0 Å². The first-order valence-electron chi connectivity index (χ1n) is 6.49. The smallest absolute Gasteiger partial charge is 0.220 e. The van der Waals surface area contributed by atoms with Crippen molar-refractivity contribution >= 4 is 0 Å². The molecule has 94 valence electrons. The van der Waals surface area contributed by atoms with Gasteiger partial charge in [-0.05, 0) is 18.4 Å². The second kappa shape index (κ2) is 5.31. The summed E-state index contributed by atoms with van der Waals surface area (Å²) in [7, 11) is 0. The van der Waals surface area contributed by atoms with Gasteiger partial charge in [-0.3, -0.25) is 0 Å². The molecule has 1 saturated carbocycles. The number of nitrogens with zero attached hydrogens (tertiary/aromatic N) is 2. The summed E-state index contributed by atoms with van der Waals surface area (Å²) in [6.45, 7) is 0.928. The van der Waals surface area contributed by atoms with Crippen molar-refractivity contribution in [1.29, 1.82) is 0 Å². The summed E-state index contributed by atoms with van der Waals surface area (Å²) in [4.78, 5) is 0. The van der Waals surface area contributed by atoms with Crippen molar-refractivity contribution in [3.63, 3.8) is 0 Å². The Morgan fingerprint density at radius 1 is 1.11 bits per heavy atom. The molecule has 18 heavy (non-hydrogen) atoms. The van der Waals surface area contributed by atoms with Crippen LogP contribution in [-0.2, 0) is 12.8 Å². The van der Waals surface area contributed by atoms with Crippen LogP contribution in [0, 0.1) is 0 Å². The van der Waals surface area contributed by atoms with Crippen LogP contribution in [0.2, 0.25) is 0 Å². The van der Waals surface area contributed by atoms with Crippen molar-refractivity contribution in [2.45, 2.75) is 31.7 Å². The number of aromatic nitrogens is 2. The van der Waals surface area contributed by atoms with Gasteiger partial charge < -0.3 is 9.73 Å². The van der Waals surface area contributed by atoms with Crippen LogP contribution in [0.4, 0.5) is 0 Å². The molecule has 4 nitrogen and oxygen atoms in total. The predicted octanol–water partition coefficient (Wildman–Crippen LogP) is 1.95. The quantitative estimate of drug-likeness (QED) is 0.842. The summed E-state index contributed by atoms with van der Waals surface area (Å²) in [5.41, 5.74) is 1.20. The van der Waals surface area contributed by atoms with Gasteiger partial charge in [0, 0.05) is 19.0 Å². The third-order valence-corrected chi connectivity index (χ3v) is 3.06. The Kier molecular flexibility index (Phi) is 3.37. The van der Waals surface area contributed by atoms with Crippen molar-refractivity contribution in [2.75, 3.05) is 6.54 Å². The lowest BCUT2D eigenvalue weighted by molar-refractivity contribution is 0.451. The minimum Gasteiger partial charge on any atom is -0.425 e. The SMILES string of the molecule is c1ccc(Cc2nnc(CCNC3CC3)o2)cc1. The molecule has 0 radical (unpaired) electrons. The van der Waals surface area contributed by atoms with Crippen LogP contribution >= 0.6 is 0 Å². The van der Waals surface area contributed by atoms with E-state index in [1.807, 2.05) is 18.2 Å². The second-order valence-corrected chi connectivity index (χ2v) is 4.73. The van der Waals surface area contributed by atoms with Crippen molar-refractivity contribution in [3.05, 3.63) is 47.7 Å². The minimum atomic E-state index is 0.697. The molecule has 4 heteroatoms. The van der Waals surface area contributed by atoms with Gasteiger partial charge in [-0.1, -0.05) is 30.3 Å². The molecule has 0 aliphatic heterocycles. The average Bonchev–Trinajstić information content (AvgIpc) is 3.11. The molecule has 0 saturated heterocycles. The lowest BCUT2D eigenvalue weighted by Gasteiger charge is -1.98. The maximum Gasteiger partial charge on any atom is 0.220 e. The van der Waals surface area contributed by atoms with E-state index >= 15 is 0 Å². The fourth-order valence-corrected chi connectivity index (χ4v) is 1.90. The van der Waals surface area contributed by atoms with Gasteiger partial charge in [0.25, 0.3) is 0 Å². The van der Waals surface area contributed by atoms with Gasteiger partial charge in [0.05, 0.1) is 6.42 Å². The molecule has 0 bridgehead atoms. The van der Waals surface area contributed by atoms with E-state index in [0.29, 0.717) is 12.3 Å². The Hall–Kier alpha value is -1.68. The van der Waals surface area contributed by atoms with E-state index in [-0.39, 0.29) is 0 Å². The Morgan fingerprint density at radius 3 is 2.67 bits per heavy atom. The highest BCUT2D eigenvalue weighted by Gasteiger charge is 2.20. The van der Waals surface area contributed by atoms with Crippen LogP contribution < -0.4 is 5.32 Å². The van der Waals surface area contributed by atoms with Crippen molar-refractivity contribution in [1.82, 2.24) is 15.5 Å². The lowest BCUT2D eigenvalue weighted by atomic mass is 10.2. The van der Waals surface area contributed by atoms with Gasteiger partial charge in [0.15, 0.2) is 0 Å². The molecule has 0 atom stereocenters. The van der Waals surface area contributed by atoms with Crippen molar-refractivity contribution < 1.29 is 4.42 Å². The molecule has 0 unspecified atom stereocenters. The highest BCUT2D eigenvalue weighted by Crippen LogP contribution is 2.18. The molecule has 1 aliphatic carbocycles. The first-order chi connectivity index (χ1) is 8.90. The Labute approximate surface area is 106 Å². The Bertz CT molecular complexity index is 491. The average molecular weight is 243 g/mol. The van der Waals surface area contributed by atoms with E-state index in [1.54, 1.807) is 0 Å². The largest absolute Gasteiger partial charge is 0.425 e. The molecule has 1 heterocycles. The summed E-state index contributed by atoms with van der Waals surface area (Å²) < 4.78 is 5.63. The fourth-order valence-electron chi connectivity index (χ4n) is 1.90. The third kappa shape index (κ3) is 3.17. The number of rotatable bonds is 6. The van der Waals surface area contributed by atoms with E-state index in [0.717, 1.165) is 24.9 Å². The topological polar surface area (TPSA) is 51.0 Å². The molecule has 3 rings (SSSR count). The third-order valence-electron chi connectivity index (χ3n) is 3.06. The first-order valence-corrected chi connectivity index (χ1v) is 6.49. The summed E-state index contributed by atoms with van der Waals surface area (Å²) in [5, 5.41) is 11.6. The standard InChI is InChI=1S/C14H17N3O/c1-2-4-11(5-3-1)10-14-17-16-13(18-14)8-9-15-12-6-7-12/h1-5,12,15H,6-10H2. The highest BCUT2D eigenvalue weighted by molar-refractivity contribution is 5.17. The Morgan fingerprint density at radius 2 is 1.89 bits per heavy atom. The zero-order valence-corrected chi connectivity index (χ0v) is 10.3. The van der Waals surface area contributed by atoms with E-state index in [1.165, 1.54) is 18.4 Å². The van der Waals surface area contributed by atoms with Gasteiger partial charge in [0.1, 0.15) is 0 Å².